The summed E-state index contributed by atoms with van der Waals surface area (Å²) in [5, 5.41) is 7.94. The van der Waals surface area contributed by atoms with E-state index in [0.29, 0.717) is 38.9 Å². The van der Waals surface area contributed by atoms with Crippen molar-refractivity contribution in [2.24, 2.45) is 0 Å². The van der Waals surface area contributed by atoms with Crippen molar-refractivity contribution in [3.05, 3.63) is 38.0 Å². The highest BCUT2D eigenvalue weighted by Gasteiger charge is 1.96. The fourth-order valence-electron chi connectivity index (χ4n) is 1.13. The van der Waals surface area contributed by atoms with E-state index in [4.69, 9.17) is 26.2 Å². The number of hydrogen-bond donors (Lipinski definition) is 1. The van der Waals surface area contributed by atoms with E-state index in [1.807, 2.05) is 13.8 Å². The predicted octanol–water partition coefficient (Wildman–Crippen LogP) is 2.08. The highest BCUT2D eigenvalue weighted by atomic mass is 35.5. The Hall–Kier alpha value is -2.24. The van der Waals surface area contributed by atoms with Gasteiger partial charge in [0.2, 0.25) is 0 Å². The number of rotatable bonds is 16. The summed E-state index contributed by atoms with van der Waals surface area (Å²) in [6.45, 7) is 16.3. The summed E-state index contributed by atoms with van der Waals surface area (Å²) in [5.74, 6) is -1.04. The fraction of sp³-hybridized carbons (Fsp3) is 0.591. The number of hydrogen-bond acceptors (Lipinski definition) is 10. The van der Waals surface area contributed by atoms with Crippen LogP contribution >= 0.6 is 11.6 Å². The lowest BCUT2D eigenvalue weighted by atomic mass is 10.6. The maximum absolute atomic E-state index is 10.6. The van der Waals surface area contributed by atoms with Gasteiger partial charge in [-0.1, -0.05) is 33.6 Å². The maximum atomic E-state index is 10.6. The van der Waals surface area contributed by atoms with E-state index in [9.17, 15) is 14.4 Å². The molecule has 0 aromatic carbocycles. The molecule has 0 aromatic heterocycles. The zero-order valence-corrected chi connectivity index (χ0v) is 20.7. The van der Waals surface area contributed by atoms with Gasteiger partial charge < -0.3 is 33.5 Å². The number of aliphatic hydroxyl groups is 1. The van der Waals surface area contributed by atoms with Crippen LogP contribution in [0.5, 0.6) is 0 Å². The monoisotopic (exact) mass is 498 g/mol. The van der Waals surface area contributed by atoms with Crippen molar-refractivity contribution in [3.63, 3.8) is 0 Å². The Bertz CT molecular complexity index is 454. The van der Waals surface area contributed by atoms with Crippen LogP contribution in [0.2, 0.25) is 0 Å². The molecule has 1 N–H and O–H groups in total. The van der Waals surface area contributed by atoms with Gasteiger partial charge in [-0.2, -0.15) is 0 Å². The van der Waals surface area contributed by atoms with Crippen LogP contribution in [-0.4, -0.2) is 95.5 Å². The van der Waals surface area contributed by atoms with Gasteiger partial charge in [-0.25, -0.2) is 14.4 Å². The molecule has 0 saturated carbocycles. The second-order valence-corrected chi connectivity index (χ2v) is 5.12. The molecule has 0 fully saturated rings. The van der Waals surface area contributed by atoms with Crippen molar-refractivity contribution in [1.29, 1.82) is 0 Å². The molecule has 0 heterocycles. The van der Waals surface area contributed by atoms with Gasteiger partial charge in [0.1, 0.15) is 19.8 Å². The van der Waals surface area contributed by atoms with Crippen LogP contribution in [0.1, 0.15) is 13.8 Å². The number of halogens is 1. The highest BCUT2D eigenvalue weighted by molar-refractivity contribution is 6.18. The topological polar surface area (TPSA) is 127 Å². The number of carbonyl (C=O) groups is 3. The predicted molar refractivity (Wildman–Crippen MR) is 126 cm³/mol. The molecule has 11 heteroatoms. The van der Waals surface area contributed by atoms with Crippen molar-refractivity contribution in [2.45, 2.75) is 13.8 Å². The number of alkyl halides is 1. The van der Waals surface area contributed by atoms with Crippen LogP contribution < -0.4 is 0 Å². The molecule has 0 aliphatic heterocycles. The lowest BCUT2D eigenvalue weighted by molar-refractivity contribution is -0.141. The maximum Gasteiger partial charge on any atom is 0.330 e. The van der Waals surface area contributed by atoms with Crippen molar-refractivity contribution in [1.82, 2.24) is 0 Å². The van der Waals surface area contributed by atoms with Gasteiger partial charge in [0.05, 0.1) is 45.5 Å². The Balaban J connectivity index is -0.000000230. The summed E-state index contributed by atoms with van der Waals surface area (Å²) in [6, 6.07) is 0. The second kappa shape index (κ2) is 37.1. The second-order valence-electron chi connectivity index (χ2n) is 4.74. The largest absolute Gasteiger partial charge is 0.461 e. The van der Waals surface area contributed by atoms with E-state index in [-0.39, 0.29) is 26.4 Å². The molecule has 194 valence electrons. The number of carbonyl (C=O) groups excluding carboxylic acids is 3. The third kappa shape index (κ3) is 44.3. The average molecular weight is 499 g/mol. The molecule has 0 spiro atoms. The van der Waals surface area contributed by atoms with Gasteiger partial charge in [0.25, 0.3) is 0 Å². The molecule has 0 amide bonds. The van der Waals surface area contributed by atoms with E-state index in [0.717, 1.165) is 18.2 Å². The van der Waals surface area contributed by atoms with Gasteiger partial charge in [-0.05, 0) is 0 Å². The first-order valence-electron chi connectivity index (χ1n) is 10.1. The quantitative estimate of drug-likeness (QED) is 0.111. The molecule has 10 nitrogen and oxygen atoms in total. The molecule has 0 saturated heterocycles. The molecule has 0 rings (SSSR count). The third-order valence-electron chi connectivity index (χ3n) is 2.43. The van der Waals surface area contributed by atoms with Crippen molar-refractivity contribution >= 4 is 29.5 Å². The summed E-state index contributed by atoms with van der Waals surface area (Å²) in [6.07, 6.45) is 3.29. The van der Waals surface area contributed by atoms with E-state index < -0.39 is 17.9 Å². The lowest BCUT2D eigenvalue weighted by Gasteiger charge is -2.06. The number of methoxy groups -OCH3 is 1. The van der Waals surface area contributed by atoms with Gasteiger partial charge >= 0.3 is 17.9 Å². The van der Waals surface area contributed by atoms with Crippen LogP contribution in [0.4, 0.5) is 0 Å². The SMILES string of the molecule is C=CC(=O)OCCCl.C=CC(=O)OCCOCCOCCOC(=O)C=C.CC.COCCO. The molecule has 0 radical (unpaired) electrons. The minimum atomic E-state index is -0.473. The molecular weight excluding hydrogens is 460 g/mol. The molecule has 0 aliphatic carbocycles. The van der Waals surface area contributed by atoms with Gasteiger partial charge in [0.15, 0.2) is 0 Å². The van der Waals surface area contributed by atoms with Crippen LogP contribution in [0.15, 0.2) is 38.0 Å². The van der Waals surface area contributed by atoms with E-state index in [2.05, 4.69) is 38.7 Å². The van der Waals surface area contributed by atoms with E-state index >= 15 is 0 Å². The summed E-state index contributed by atoms with van der Waals surface area (Å²) in [5.41, 5.74) is 0. The fourth-order valence-corrected chi connectivity index (χ4v) is 1.21. The summed E-state index contributed by atoms with van der Waals surface area (Å²) in [7, 11) is 1.55. The molecular formula is C22H39ClO10. The van der Waals surface area contributed by atoms with Gasteiger partial charge in [0, 0.05) is 25.3 Å². The first kappa shape index (κ1) is 38.0. The smallest absolute Gasteiger partial charge is 0.330 e. The zero-order chi connectivity index (χ0) is 26.2. The Morgan fingerprint density at radius 1 is 0.697 bits per heavy atom. The number of ether oxygens (including phenoxy) is 6. The standard InChI is InChI=1S/C12H18O6.C5H7ClO2.C3H8O2.C2H6/c1-3-11(13)17-9-7-15-5-6-16-8-10-18-12(14)4-2;1-2-5(7)8-4-3-6;1-5-3-2-4;1-2/h3-4H,1-2,5-10H2;2H,1,3-4H2;4H,2-3H2,1H3;1-2H3. The van der Waals surface area contributed by atoms with E-state index in [1.165, 1.54) is 0 Å². The Morgan fingerprint density at radius 3 is 1.27 bits per heavy atom. The summed E-state index contributed by atoms with van der Waals surface area (Å²) < 4.78 is 28.5. The normalized spacial score (nSPS) is 8.64. The first-order valence-corrected chi connectivity index (χ1v) is 10.7. The van der Waals surface area contributed by atoms with E-state index in [1.54, 1.807) is 7.11 Å². The average Bonchev–Trinajstić information content (AvgIpc) is 2.85. The number of aliphatic hydroxyl groups excluding tert-OH is 1. The highest BCUT2D eigenvalue weighted by Crippen LogP contribution is 1.85. The van der Waals surface area contributed by atoms with Crippen LogP contribution in [0.25, 0.3) is 0 Å². The molecule has 33 heavy (non-hydrogen) atoms. The van der Waals surface area contributed by atoms with Crippen LogP contribution in [0.3, 0.4) is 0 Å². The number of esters is 3. The summed E-state index contributed by atoms with van der Waals surface area (Å²) >= 11 is 5.19. The van der Waals surface area contributed by atoms with Gasteiger partial charge in [-0.3, -0.25) is 0 Å². The molecule has 0 atom stereocenters. The molecule has 0 aliphatic rings. The molecule has 0 unspecified atom stereocenters. The lowest BCUT2D eigenvalue weighted by Crippen LogP contribution is -2.13. The van der Waals surface area contributed by atoms with Crippen molar-refractivity contribution < 1.29 is 47.9 Å². The van der Waals surface area contributed by atoms with Gasteiger partial charge in [-0.15, -0.1) is 11.6 Å². The van der Waals surface area contributed by atoms with Crippen LogP contribution in [0, 0.1) is 0 Å². The summed E-state index contributed by atoms with van der Waals surface area (Å²) in [4.78, 5) is 31.4. The minimum absolute atomic E-state index is 0.122. The van der Waals surface area contributed by atoms with Crippen molar-refractivity contribution in [3.8, 4) is 0 Å². The zero-order valence-electron chi connectivity index (χ0n) is 19.9. The van der Waals surface area contributed by atoms with Crippen molar-refractivity contribution in [2.75, 3.05) is 72.5 Å². The Kier molecular flexibility index (Phi) is 42.8. The third-order valence-corrected chi connectivity index (χ3v) is 2.59. The Labute approximate surface area is 202 Å². The molecule has 0 aromatic rings. The van der Waals surface area contributed by atoms with Crippen LogP contribution in [-0.2, 0) is 42.8 Å². The minimum Gasteiger partial charge on any atom is -0.461 e. The Morgan fingerprint density at radius 2 is 1.03 bits per heavy atom. The first-order chi connectivity index (χ1) is 15.9. The molecule has 0 bridgehead atoms.